The molecule has 1 atom stereocenters. The fourth-order valence-corrected chi connectivity index (χ4v) is 4.40. The zero-order valence-corrected chi connectivity index (χ0v) is 17.8. The molecule has 8 heteroatoms. The largest absolute Gasteiger partial charge is 0.348 e. The first-order valence-corrected chi connectivity index (χ1v) is 10.9. The van der Waals surface area contributed by atoms with Crippen LogP contribution in [0.5, 0.6) is 0 Å². The molecule has 1 aliphatic heterocycles. The first-order chi connectivity index (χ1) is 15.4. The maximum Gasteiger partial charge on any atom is 0.348 e. The molecule has 0 bridgehead atoms. The number of hydrogen-bond donors (Lipinski definition) is 1. The van der Waals surface area contributed by atoms with E-state index in [2.05, 4.69) is 10.2 Å². The maximum atomic E-state index is 15.1. The van der Waals surface area contributed by atoms with Gasteiger partial charge in [-0.3, -0.25) is 4.79 Å². The van der Waals surface area contributed by atoms with E-state index in [1.54, 1.807) is 25.1 Å². The summed E-state index contributed by atoms with van der Waals surface area (Å²) in [6.07, 6.45) is 3.25. The van der Waals surface area contributed by atoms with Gasteiger partial charge in [0.1, 0.15) is 17.5 Å². The van der Waals surface area contributed by atoms with Crippen molar-refractivity contribution in [1.29, 1.82) is 0 Å². The number of carbonyl (C=O) groups is 1. The minimum absolute atomic E-state index is 0.0963. The molecule has 32 heavy (non-hydrogen) atoms. The highest BCUT2D eigenvalue weighted by molar-refractivity contribution is 5.81. The normalized spacial score (nSPS) is 18.3. The molecular weight excluding hydrogens is 414 g/mol. The summed E-state index contributed by atoms with van der Waals surface area (Å²) in [4.78, 5) is 26.6. The van der Waals surface area contributed by atoms with Crippen molar-refractivity contribution in [1.82, 2.24) is 19.7 Å². The Hall–Kier alpha value is -3.29. The number of halogens is 2. The Bertz CT molecular complexity index is 1250. The Balaban J connectivity index is 1.38. The van der Waals surface area contributed by atoms with Crippen molar-refractivity contribution in [3.05, 3.63) is 69.9 Å². The van der Waals surface area contributed by atoms with Crippen LogP contribution in [0.4, 0.5) is 8.78 Å². The molecule has 2 heterocycles. The highest BCUT2D eigenvalue weighted by atomic mass is 19.1. The van der Waals surface area contributed by atoms with Crippen LogP contribution in [0, 0.1) is 30.4 Å². The van der Waals surface area contributed by atoms with Crippen LogP contribution in [0.2, 0.25) is 0 Å². The number of amides is 1. The quantitative estimate of drug-likeness (QED) is 0.662. The molecule has 5 rings (SSSR count). The van der Waals surface area contributed by atoms with Crippen LogP contribution in [0.3, 0.4) is 0 Å². The van der Waals surface area contributed by atoms with Gasteiger partial charge in [0, 0.05) is 25.4 Å². The molecular formula is C24H24F2N4O2. The molecule has 0 radical (unpaired) electrons. The van der Waals surface area contributed by atoms with E-state index in [0.29, 0.717) is 42.0 Å². The summed E-state index contributed by atoms with van der Waals surface area (Å²) in [5.74, 6) is 0.0718. The van der Waals surface area contributed by atoms with Crippen LogP contribution < -0.4 is 5.69 Å². The van der Waals surface area contributed by atoms with Crippen LogP contribution in [0.15, 0.2) is 41.2 Å². The Morgan fingerprint density at radius 3 is 2.50 bits per heavy atom. The number of nitrogens with zero attached hydrogens (tertiary/aromatic N) is 3. The molecule has 2 fully saturated rings. The third kappa shape index (κ3) is 3.85. The van der Waals surface area contributed by atoms with Gasteiger partial charge in [0.2, 0.25) is 5.91 Å². The Morgan fingerprint density at radius 1 is 1.09 bits per heavy atom. The van der Waals surface area contributed by atoms with Crippen LogP contribution in [-0.4, -0.2) is 38.7 Å². The Morgan fingerprint density at radius 2 is 1.81 bits per heavy atom. The SMILES string of the molecule is Cc1ccc(-c2ccc(-n3c(C[C@@H]4CCN(C(=O)C5CC5)C4)n[nH]c3=O)c(F)c2)cc1F. The number of hydrogen-bond acceptors (Lipinski definition) is 3. The number of aryl methyl sites for hydroxylation is 1. The van der Waals surface area contributed by atoms with Crippen molar-refractivity contribution in [3.63, 3.8) is 0 Å². The van der Waals surface area contributed by atoms with Crippen molar-refractivity contribution >= 4 is 5.91 Å². The van der Waals surface area contributed by atoms with Crippen molar-refractivity contribution < 1.29 is 13.6 Å². The zero-order chi connectivity index (χ0) is 22.4. The molecule has 166 valence electrons. The molecule has 1 saturated carbocycles. The van der Waals surface area contributed by atoms with Gasteiger partial charge in [0.15, 0.2) is 0 Å². The molecule has 1 amide bonds. The lowest BCUT2D eigenvalue weighted by Gasteiger charge is -2.16. The molecule has 2 aromatic carbocycles. The third-order valence-electron chi connectivity index (χ3n) is 6.43. The number of nitrogens with one attached hydrogen (secondary N) is 1. The summed E-state index contributed by atoms with van der Waals surface area (Å²) in [6.45, 7) is 3.02. The van der Waals surface area contributed by atoms with Gasteiger partial charge >= 0.3 is 5.69 Å². The van der Waals surface area contributed by atoms with Crippen LogP contribution in [0.1, 0.15) is 30.7 Å². The average molecular weight is 438 g/mol. The lowest BCUT2D eigenvalue weighted by atomic mass is 10.0. The fraction of sp³-hybridized carbons (Fsp3) is 0.375. The number of rotatable bonds is 5. The number of aromatic amines is 1. The Labute approximate surface area is 183 Å². The van der Waals surface area contributed by atoms with E-state index < -0.39 is 11.5 Å². The van der Waals surface area contributed by atoms with Gasteiger partial charge in [-0.25, -0.2) is 23.2 Å². The summed E-state index contributed by atoms with van der Waals surface area (Å²) in [6, 6.07) is 9.23. The Kier molecular flexibility index (Phi) is 5.15. The highest BCUT2D eigenvalue weighted by Gasteiger charge is 2.37. The van der Waals surface area contributed by atoms with Gasteiger partial charge in [-0.1, -0.05) is 18.2 Å². The summed E-state index contributed by atoms with van der Waals surface area (Å²) in [5, 5.41) is 6.54. The van der Waals surface area contributed by atoms with E-state index in [-0.39, 0.29) is 29.2 Å². The van der Waals surface area contributed by atoms with Gasteiger partial charge in [0.25, 0.3) is 0 Å². The molecule has 0 unspecified atom stereocenters. The molecule has 2 aliphatic rings. The van der Waals surface area contributed by atoms with Crippen molar-refractivity contribution in [2.75, 3.05) is 13.1 Å². The van der Waals surface area contributed by atoms with Gasteiger partial charge in [-0.05, 0) is 67.0 Å². The second-order valence-electron chi connectivity index (χ2n) is 8.83. The average Bonchev–Trinajstić information content (AvgIpc) is 3.43. The number of H-pyrrole nitrogens is 1. The minimum atomic E-state index is -0.592. The van der Waals surface area contributed by atoms with E-state index in [9.17, 15) is 14.0 Å². The smallest absolute Gasteiger partial charge is 0.342 e. The number of aromatic nitrogens is 3. The van der Waals surface area contributed by atoms with Crippen molar-refractivity contribution in [2.45, 2.75) is 32.6 Å². The molecule has 3 aromatic rings. The summed E-state index contributed by atoms with van der Waals surface area (Å²) in [7, 11) is 0. The van der Waals surface area contributed by atoms with Crippen LogP contribution in [0.25, 0.3) is 16.8 Å². The number of carbonyl (C=O) groups excluding carboxylic acids is 1. The first-order valence-electron chi connectivity index (χ1n) is 10.9. The minimum Gasteiger partial charge on any atom is -0.342 e. The molecule has 1 aromatic heterocycles. The summed E-state index contributed by atoms with van der Waals surface area (Å²) in [5.41, 5.74) is 1.18. The van der Waals surface area contributed by atoms with E-state index in [1.807, 2.05) is 4.90 Å². The van der Waals surface area contributed by atoms with Crippen molar-refractivity contribution in [2.24, 2.45) is 11.8 Å². The summed E-state index contributed by atoms with van der Waals surface area (Å²) >= 11 is 0. The second-order valence-corrected chi connectivity index (χ2v) is 8.83. The molecule has 1 saturated heterocycles. The monoisotopic (exact) mass is 438 g/mol. The fourth-order valence-electron chi connectivity index (χ4n) is 4.40. The lowest BCUT2D eigenvalue weighted by molar-refractivity contribution is -0.131. The predicted molar refractivity (Wildman–Crippen MR) is 115 cm³/mol. The van der Waals surface area contributed by atoms with E-state index in [4.69, 9.17) is 0 Å². The van der Waals surface area contributed by atoms with Gasteiger partial charge in [0.05, 0.1) is 5.69 Å². The summed E-state index contributed by atoms with van der Waals surface area (Å²) < 4.78 is 30.2. The van der Waals surface area contributed by atoms with E-state index >= 15 is 4.39 Å². The molecule has 1 aliphatic carbocycles. The predicted octanol–water partition coefficient (Wildman–Crippen LogP) is 3.62. The van der Waals surface area contributed by atoms with Gasteiger partial charge in [-0.15, -0.1) is 0 Å². The van der Waals surface area contributed by atoms with Crippen LogP contribution in [-0.2, 0) is 11.2 Å². The molecule has 0 spiro atoms. The van der Waals surface area contributed by atoms with Crippen molar-refractivity contribution in [3.8, 4) is 16.8 Å². The number of likely N-dealkylation sites (tertiary alicyclic amines) is 1. The maximum absolute atomic E-state index is 15.1. The topological polar surface area (TPSA) is 71.0 Å². The number of benzene rings is 2. The van der Waals surface area contributed by atoms with Crippen LogP contribution >= 0.6 is 0 Å². The lowest BCUT2D eigenvalue weighted by Crippen LogP contribution is -2.30. The van der Waals surface area contributed by atoms with Gasteiger partial charge < -0.3 is 4.90 Å². The molecule has 6 nitrogen and oxygen atoms in total. The van der Waals surface area contributed by atoms with E-state index in [0.717, 1.165) is 19.3 Å². The first kappa shape index (κ1) is 20.6. The van der Waals surface area contributed by atoms with E-state index in [1.165, 1.54) is 22.8 Å². The second kappa shape index (κ2) is 8.00. The highest BCUT2D eigenvalue weighted by Crippen LogP contribution is 2.33. The zero-order valence-electron chi connectivity index (χ0n) is 17.8. The standard InChI is InChI=1S/C24H24F2N4O2/c1-14-2-3-17(11-19(14)25)18-6-7-21(20(26)12-18)30-22(27-28-24(30)32)10-15-8-9-29(13-15)23(31)16-4-5-16/h2-3,6-7,11-12,15-16H,4-5,8-10,13H2,1H3,(H,28,32)/t15-/m0/s1. The third-order valence-corrected chi connectivity index (χ3v) is 6.43. The molecule has 1 N–H and O–H groups in total. The van der Waals surface area contributed by atoms with Gasteiger partial charge in [-0.2, -0.15) is 5.10 Å².